The van der Waals surface area contributed by atoms with Crippen molar-refractivity contribution >= 4 is 11.9 Å². The van der Waals surface area contributed by atoms with Gasteiger partial charge in [0.25, 0.3) is 0 Å². The zero-order chi connectivity index (χ0) is 26.0. The number of likely N-dealkylation sites (tertiary alicyclic amines) is 1. The van der Waals surface area contributed by atoms with Crippen LogP contribution in [0.15, 0.2) is 42.5 Å². The van der Waals surface area contributed by atoms with Crippen molar-refractivity contribution in [3.8, 4) is 0 Å². The van der Waals surface area contributed by atoms with E-state index in [2.05, 4.69) is 25.1 Å². The Balaban J connectivity index is 1.75. The summed E-state index contributed by atoms with van der Waals surface area (Å²) in [5, 5.41) is 0. The Morgan fingerprint density at radius 3 is 2.56 bits per heavy atom. The van der Waals surface area contributed by atoms with Gasteiger partial charge in [0.05, 0.1) is 24.8 Å². The predicted molar refractivity (Wildman–Crippen MR) is 145 cm³/mol. The van der Waals surface area contributed by atoms with Gasteiger partial charge in [-0.05, 0) is 64.5 Å². The summed E-state index contributed by atoms with van der Waals surface area (Å²) in [4.78, 5) is 28.2. The van der Waals surface area contributed by atoms with E-state index in [0.717, 1.165) is 56.9 Å². The molecule has 3 rings (SSSR count). The fourth-order valence-corrected chi connectivity index (χ4v) is 5.88. The van der Waals surface area contributed by atoms with E-state index < -0.39 is 5.60 Å². The van der Waals surface area contributed by atoms with Crippen molar-refractivity contribution in [3.05, 3.63) is 48.0 Å². The van der Waals surface area contributed by atoms with E-state index in [-0.39, 0.29) is 29.4 Å². The van der Waals surface area contributed by atoms with Gasteiger partial charge in [0, 0.05) is 12.3 Å². The van der Waals surface area contributed by atoms with Crippen LogP contribution < -0.4 is 0 Å². The summed E-state index contributed by atoms with van der Waals surface area (Å²) in [7, 11) is 0. The van der Waals surface area contributed by atoms with Crippen LogP contribution in [0, 0.1) is 5.92 Å². The van der Waals surface area contributed by atoms with Crippen LogP contribution in [0.3, 0.4) is 0 Å². The molecule has 1 saturated heterocycles. The molecule has 5 heteroatoms. The molecule has 1 aliphatic heterocycles. The number of nitrogens with zero attached hydrogens (tertiary/aromatic N) is 1. The first-order valence-corrected chi connectivity index (χ1v) is 14.1. The molecule has 200 valence electrons. The number of benzene rings is 1. The Bertz CT molecular complexity index is 859. The van der Waals surface area contributed by atoms with Crippen LogP contribution in [-0.4, -0.2) is 40.6 Å². The maximum absolute atomic E-state index is 13.6. The van der Waals surface area contributed by atoms with Crippen LogP contribution in [-0.2, 0) is 20.9 Å². The molecule has 1 aromatic rings. The second-order valence-corrected chi connectivity index (χ2v) is 11.6. The molecule has 0 bridgehead atoms. The molecule has 0 radical (unpaired) electrons. The van der Waals surface area contributed by atoms with Crippen LogP contribution in [0.4, 0.5) is 4.79 Å². The summed E-state index contributed by atoms with van der Waals surface area (Å²) in [5.74, 6) is 0.369. The highest BCUT2D eigenvalue weighted by molar-refractivity contribution is 5.89. The number of allylic oxidation sites excluding steroid dienone is 1. The van der Waals surface area contributed by atoms with Crippen molar-refractivity contribution in [3.63, 3.8) is 0 Å². The van der Waals surface area contributed by atoms with Gasteiger partial charge >= 0.3 is 6.09 Å². The second kappa shape index (κ2) is 13.4. The van der Waals surface area contributed by atoms with E-state index in [1.807, 2.05) is 43.9 Å². The molecule has 1 amide bonds. The molecule has 1 aromatic carbocycles. The molecule has 3 atom stereocenters. The van der Waals surface area contributed by atoms with Crippen LogP contribution in [0.25, 0.3) is 0 Å². The fourth-order valence-electron chi connectivity index (χ4n) is 5.88. The summed E-state index contributed by atoms with van der Waals surface area (Å²) < 4.78 is 12.1. The molecule has 1 heterocycles. The molecule has 0 unspecified atom stereocenters. The summed E-state index contributed by atoms with van der Waals surface area (Å²) in [6.07, 6.45) is 14.7. The summed E-state index contributed by atoms with van der Waals surface area (Å²) in [5.41, 5.74) is 0.260. The van der Waals surface area contributed by atoms with Gasteiger partial charge in [0.1, 0.15) is 5.60 Å². The lowest BCUT2D eigenvalue weighted by atomic mass is 9.71. The van der Waals surface area contributed by atoms with E-state index in [1.54, 1.807) is 6.08 Å². The highest BCUT2D eigenvalue weighted by Crippen LogP contribution is 2.49. The van der Waals surface area contributed by atoms with E-state index in [0.29, 0.717) is 19.6 Å². The van der Waals surface area contributed by atoms with Crippen molar-refractivity contribution in [1.29, 1.82) is 0 Å². The number of unbranched alkanes of at least 4 members (excludes halogenated alkanes) is 3. The van der Waals surface area contributed by atoms with E-state index in [1.165, 1.54) is 12.8 Å². The van der Waals surface area contributed by atoms with Crippen LogP contribution in [0.2, 0.25) is 0 Å². The van der Waals surface area contributed by atoms with E-state index >= 15 is 0 Å². The molecule has 1 spiro atoms. The Morgan fingerprint density at radius 1 is 1.06 bits per heavy atom. The Kier molecular flexibility index (Phi) is 10.6. The van der Waals surface area contributed by atoms with Gasteiger partial charge in [-0.3, -0.25) is 9.69 Å². The van der Waals surface area contributed by atoms with Gasteiger partial charge in [-0.25, -0.2) is 4.79 Å². The van der Waals surface area contributed by atoms with Crippen molar-refractivity contribution in [2.45, 2.75) is 122 Å². The minimum absolute atomic E-state index is 0.0256. The maximum atomic E-state index is 13.6. The third-order valence-electron chi connectivity index (χ3n) is 7.62. The zero-order valence-corrected chi connectivity index (χ0v) is 23.0. The number of ketones is 1. The van der Waals surface area contributed by atoms with Gasteiger partial charge < -0.3 is 9.47 Å². The largest absolute Gasteiger partial charge is 0.444 e. The first-order valence-electron chi connectivity index (χ1n) is 14.1. The summed E-state index contributed by atoms with van der Waals surface area (Å²) in [6.45, 7) is 8.96. The highest BCUT2D eigenvalue weighted by atomic mass is 16.6. The van der Waals surface area contributed by atoms with Crippen LogP contribution in [0.5, 0.6) is 0 Å². The smallest absolute Gasteiger partial charge is 0.411 e. The fraction of sp³-hybridized carbons (Fsp3) is 0.677. The van der Waals surface area contributed by atoms with Gasteiger partial charge in [-0.15, -0.1) is 0 Å². The number of amides is 1. The van der Waals surface area contributed by atoms with Gasteiger partial charge in [0.2, 0.25) is 0 Å². The average molecular weight is 498 g/mol. The number of carbonyl (C=O) groups is 2. The lowest BCUT2D eigenvalue weighted by Crippen LogP contribution is -2.57. The van der Waals surface area contributed by atoms with E-state index in [4.69, 9.17) is 9.47 Å². The van der Waals surface area contributed by atoms with Crippen LogP contribution >= 0.6 is 0 Å². The van der Waals surface area contributed by atoms with Gasteiger partial charge in [-0.1, -0.05) is 75.4 Å². The van der Waals surface area contributed by atoms with Crippen molar-refractivity contribution in [2.75, 3.05) is 6.61 Å². The standard InChI is InChI=1S/C31H47NO4/c1-5-6-7-11-17-28(33)19-18-26-16-12-13-21-31(26)22-20-27(32(31)29(34)36-30(2,3)4)24-35-23-25-14-9-8-10-15-25/h8-10,14-15,18-19,26-27H,5-7,11-13,16-17,20-24H2,1-4H3/b19-18+/t26-,27-,31-/m0/s1. The predicted octanol–water partition coefficient (Wildman–Crippen LogP) is 7.63. The average Bonchev–Trinajstić information content (AvgIpc) is 3.19. The molecule has 36 heavy (non-hydrogen) atoms. The number of carbonyl (C=O) groups excluding carboxylic acids is 2. The normalized spacial score (nSPS) is 24.5. The number of hydrogen-bond acceptors (Lipinski definition) is 4. The first kappa shape index (κ1) is 28.4. The molecule has 2 aliphatic rings. The van der Waals surface area contributed by atoms with Gasteiger partial charge in [0.15, 0.2) is 5.78 Å². The second-order valence-electron chi connectivity index (χ2n) is 11.6. The molecule has 5 nitrogen and oxygen atoms in total. The summed E-state index contributed by atoms with van der Waals surface area (Å²) in [6, 6.07) is 10.1. The minimum Gasteiger partial charge on any atom is -0.444 e. The third-order valence-corrected chi connectivity index (χ3v) is 7.62. The third kappa shape index (κ3) is 7.93. The van der Waals surface area contributed by atoms with E-state index in [9.17, 15) is 9.59 Å². The topological polar surface area (TPSA) is 55.8 Å². The van der Waals surface area contributed by atoms with Crippen molar-refractivity contribution in [1.82, 2.24) is 4.90 Å². The molecular formula is C31H47NO4. The number of ether oxygens (including phenoxy) is 2. The minimum atomic E-state index is -0.565. The molecule has 1 aliphatic carbocycles. The molecular weight excluding hydrogens is 450 g/mol. The number of rotatable bonds is 11. The molecule has 1 saturated carbocycles. The molecule has 0 N–H and O–H groups in total. The Hall–Kier alpha value is -2.14. The van der Waals surface area contributed by atoms with Crippen molar-refractivity contribution < 1.29 is 19.1 Å². The monoisotopic (exact) mass is 497 g/mol. The van der Waals surface area contributed by atoms with Gasteiger partial charge in [-0.2, -0.15) is 0 Å². The lowest BCUT2D eigenvalue weighted by Gasteiger charge is -2.48. The van der Waals surface area contributed by atoms with Crippen molar-refractivity contribution in [2.24, 2.45) is 5.92 Å². The first-order chi connectivity index (χ1) is 17.2. The quantitative estimate of drug-likeness (QED) is 0.233. The molecule has 0 aromatic heterocycles. The Labute approximate surface area is 218 Å². The zero-order valence-electron chi connectivity index (χ0n) is 23.0. The summed E-state index contributed by atoms with van der Waals surface area (Å²) >= 11 is 0. The lowest BCUT2D eigenvalue weighted by molar-refractivity contribution is -0.114. The number of hydrogen-bond donors (Lipinski definition) is 0. The maximum Gasteiger partial charge on any atom is 0.411 e. The molecule has 2 fully saturated rings. The van der Waals surface area contributed by atoms with Crippen LogP contribution in [0.1, 0.15) is 104 Å². The Morgan fingerprint density at radius 2 is 1.83 bits per heavy atom. The highest BCUT2D eigenvalue weighted by Gasteiger charge is 2.54. The SMILES string of the molecule is CCCCCCC(=O)/C=C/[C@@H]1CCCC[C@]12CC[C@@H](COCc1ccccc1)N2C(=O)OC(C)(C)C.